The van der Waals surface area contributed by atoms with Crippen LogP contribution in [0.4, 0.5) is 5.69 Å². The van der Waals surface area contributed by atoms with Gasteiger partial charge >= 0.3 is 0 Å². The monoisotopic (exact) mass is 384 g/mol. The molecule has 0 saturated heterocycles. The van der Waals surface area contributed by atoms with Crippen molar-refractivity contribution in [2.24, 2.45) is 0 Å². The first-order valence-corrected chi connectivity index (χ1v) is 9.65. The number of amides is 1. The van der Waals surface area contributed by atoms with E-state index in [4.69, 9.17) is 9.47 Å². The smallest absolute Gasteiger partial charge is 0.241 e. The van der Waals surface area contributed by atoms with Gasteiger partial charge in [0.2, 0.25) is 5.91 Å². The van der Waals surface area contributed by atoms with Crippen LogP contribution in [-0.2, 0) is 11.3 Å². The number of hydrogen-bond donors (Lipinski definition) is 1. The van der Waals surface area contributed by atoms with Gasteiger partial charge in [-0.2, -0.15) is 0 Å². The summed E-state index contributed by atoms with van der Waals surface area (Å²) >= 11 is 0. The van der Waals surface area contributed by atoms with Gasteiger partial charge in [0.25, 0.3) is 0 Å². The molecule has 1 amide bonds. The third-order valence-electron chi connectivity index (χ3n) is 4.93. The summed E-state index contributed by atoms with van der Waals surface area (Å²) in [6, 6.07) is 9.77. The first kappa shape index (κ1) is 21.8. The third-order valence-corrected chi connectivity index (χ3v) is 4.93. The van der Waals surface area contributed by atoms with Crippen molar-refractivity contribution in [3.63, 3.8) is 0 Å². The molecule has 0 saturated carbocycles. The molecule has 1 N–H and O–H groups in total. The molecule has 2 aromatic rings. The fourth-order valence-corrected chi connectivity index (χ4v) is 3.32. The number of nitrogens with zero attached hydrogens (tertiary/aromatic N) is 1. The number of rotatable bonds is 8. The van der Waals surface area contributed by atoms with Gasteiger partial charge in [-0.25, -0.2) is 0 Å². The summed E-state index contributed by atoms with van der Waals surface area (Å²) in [5.41, 5.74) is 5.32. The minimum atomic E-state index is -0.280. The maximum absolute atomic E-state index is 12.8. The van der Waals surface area contributed by atoms with E-state index in [1.54, 1.807) is 7.11 Å². The van der Waals surface area contributed by atoms with E-state index in [1.165, 1.54) is 5.56 Å². The number of nitrogens with one attached hydrogen (secondary N) is 1. The van der Waals surface area contributed by atoms with Gasteiger partial charge in [0.1, 0.15) is 0 Å². The van der Waals surface area contributed by atoms with E-state index >= 15 is 0 Å². The van der Waals surface area contributed by atoms with Crippen LogP contribution in [0, 0.1) is 20.8 Å². The van der Waals surface area contributed by atoms with Gasteiger partial charge in [-0.3, -0.25) is 9.69 Å². The molecule has 0 heterocycles. The average molecular weight is 385 g/mol. The Kier molecular flexibility index (Phi) is 7.46. The standard InChI is InChI=1S/C23H32N2O3/c1-8-28-20-10-9-19(13-21(20)27-7)14-25(6)18(5)23(26)24-22-16(3)11-15(2)12-17(22)4/h9-13,18H,8,14H2,1-7H3,(H,24,26)/t18-/m0/s1. The lowest BCUT2D eigenvalue weighted by atomic mass is 10.0. The molecule has 2 rings (SSSR count). The number of hydrogen-bond acceptors (Lipinski definition) is 4. The second-order valence-electron chi connectivity index (χ2n) is 7.27. The topological polar surface area (TPSA) is 50.8 Å². The number of likely N-dealkylation sites (N-methyl/N-ethyl adjacent to an activating group) is 1. The van der Waals surface area contributed by atoms with Crippen molar-refractivity contribution in [3.8, 4) is 11.5 Å². The fourth-order valence-electron chi connectivity index (χ4n) is 3.32. The quantitative estimate of drug-likeness (QED) is 0.729. The lowest BCUT2D eigenvalue weighted by Gasteiger charge is -2.25. The summed E-state index contributed by atoms with van der Waals surface area (Å²) in [4.78, 5) is 14.8. The predicted octanol–water partition coefficient (Wildman–Crippen LogP) is 4.48. The Morgan fingerprint density at radius 3 is 2.32 bits per heavy atom. The minimum Gasteiger partial charge on any atom is -0.493 e. The molecule has 0 aliphatic rings. The maximum Gasteiger partial charge on any atom is 0.241 e. The van der Waals surface area contributed by atoms with Gasteiger partial charge in [0.15, 0.2) is 11.5 Å². The second-order valence-corrected chi connectivity index (χ2v) is 7.27. The molecule has 2 aromatic carbocycles. The highest BCUT2D eigenvalue weighted by molar-refractivity contribution is 5.95. The Hall–Kier alpha value is -2.53. The summed E-state index contributed by atoms with van der Waals surface area (Å²) in [6.07, 6.45) is 0. The van der Waals surface area contributed by atoms with Crippen LogP contribution in [0.25, 0.3) is 0 Å². The zero-order valence-electron chi connectivity index (χ0n) is 18.1. The number of carbonyl (C=O) groups excluding carboxylic acids is 1. The van der Waals surface area contributed by atoms with Crippen LogP contribution in [0.2, 0.25) is 0 Å². The van der Waals surface area contributed by atoms with Crippen LogP contribution in [0.5, 0.6) is 11.5 Å². The van der Waals surface area contributed by atoms with Crippen molar-refractivity contribution in [1.29, 1.82) is 0 Å². The summed E-state index contributed by atoms with van der Waals surface area (Å²) in [6.45, 7) is 11.2. The Morgan fingerprint density at radius 1 is 1.11 bits per heavy atom. The van der Waals surface area contributed by atoms with Gasteiger partial charge in [-0.1, -0.05) is 23.8 Å². The average Bonchev–Trinajstić information content (AvgIpc) is 2.65. The molecule has 0 aromatic heterocycles. The Labute approximate surface area is 168 Å². The molecule has 0 unspecified atom stereocenters. The van der Waals surface area contributed by atoms with E-state index in [9.17, 15) is 4.79 Å². The highest BCUT2D eigenvalue weighted by Gasteiger charge is 2.20. The number of anilines is 1. The van der Waals surface area contributed by atoms with E-state index < -0.39 is 0 Å². The SMILES string of the molecule is CCOc1ccc(CN(C)[C@@H](C)C(=O)Nc2c(C)cc(C)cc2C)cc1OC. The lowest BCUT2D eigenvalue weighted by molar-refractivity contribution is -0.120. The van der Waals surface area contributed by atoms with Crippen molar-refractivity contribution in [2.45, 2.75) is 47.2 Å². The molecule has 0 radical (unpaired) electrons. The van der Waals surface area contributed by atoms with Gasteiger partial charge in [-0.15, -0.1) is 0 Å². The van der Waals surface area contributed by atoms with Crippen LogP contribution < -0.4 is 14.8 Å². The van der Waals surface area contributed by atoms with E-state index in [2.05, 4.69) is 24.4 Å². The Morgan fingerprint density at radius 2 is 1.75 bits per heavy atom. The summed E-state index contributed by atoms with van der Waals surface area (Å²) < 4.78 is 11.0. The fraction of sp³-hybridized carbons (Fsp3) is 0.435. The van der Waals surface area contributed by atoms with Crippen molar-refractivity contribution in [2.75, 3.05) is 26.1 Å². The van der Waals surface area contributed by atoms with Crippen LogP contribution in [-0.4, -0.2) is 37.6 Å². The van der Waals surface area contributed by atoms with Crippen molar-refractivity contribution < 1.29 is 14.3 Å². The van der Waals surface area contributed by atoms with Gasteiger partial charge in [-0.05, 0) is 70.5 Å². The molecule has 5 heteroatoms. The summed E-state index contributed by atoms with van der Waals surface area (Å²) in [7, 11) is 3.58. The largest absolute Gasteiger partial charge is 0.493 e. The number of aryl methyl sites for hydroxylation is 3. The number of benzene rings is 2. The molecule has 152 valence electrons. The zero-order chi connectivity index (χ0) is 20.8. The van der Waals surface area contributed by atoms with Gasteiger partial charge in [0, 0.05) is 12.2 Å². The molecule has 0 aliphatic carbocycles. The Bertz CT molecular complexity index is 810. The van der Waals surface area contributed by atoms with Crippen molar-refractivity contribution in [1.82, 2.24) is 4.90 Å². The van der Waals surface area contributed by atoms with Crippen LogP contribution in [0.1, 0.15) is 36.1 Å². The molecule has 0 bridgehead atoms. The molecule has 0 spiro atoms. The number of carbonyl (C=O) groups is 1. The first-order valence-electron chi connectivity index (χ1n) is 9.65. The highest BCUT2D eigenvalue weighted by Crippen LogP contribution is 2.29. The molecule has 0 fully saturated rings. The minimum absolute atomic E-state index is 0.0181. The number of methoxy groups -OCH3 is 1. The zero-order valence-corrected chi connectivity index (χ0v) is 18.1. The second kappa shape index (κ2) is 9.60. The molecule has 28 heavy (non-hydrogen) atoms. The molecule has 5 nitrogen and oxygen atoms in total. The summed E-state index contributed by atoms with van der Waals surface area (Å²) in [5.74, 6) is 1.42. The van der Waals surface area contributed by atoms with E-state index in [-0.39, 0.29) is 11.9 Å². The molecule has 1 atom stereocenters. The maximum atomic E-state index is 12.8. The van der Waals surface area contributed by atoms with Crippen molar-refractivity contribution >= 4 is 11.6 Å². The normalized spacial score (nSPS) is 12.0. The molecular weight excluding hydrogens is 352 g/mol. The highest BCUT2D eigenvalue weighted by atomic mass is 16.5. The van der Waals surface area contributed by atoms with Crippen molar-refractivity contribution in [3.05, 3.63) is 52.6 Å². The summed E-state index contributed by atoms with van der Waals surface area (Å²) in [5, 5.41) is 3.10. The van der Waals surface area contributed by atoms with Crippen LogP contribution in [0.3, 0.4) is 0 Å². The number of ether oxygens (including phenoxy) is 2. The van der Waals surface area contributed by atoms with E-state index in [1.807, 2.05) is 57.8 Å². The van der Waals surface area contributed by atoms with Crippen LogP contribution in [0.15, 0.2) is 30.3 Å². The van der Waals surface area contributed by atoms with E-state index in [0.29, 0.717) is 18.9 Å². The lowest BCUT2D eigenvalue weighted by Crippen LogP contribution is -2.39. The molecule has 0 aliphatic heterocycles. The molecular formula is C23H32N2O3. The van der Waals surface area contributed by atoms with Gasteiger partial charge < -0.3 is 14.8 Å². The first-order chi connectivity index (χ1) is 13.3. The Balaban J connectivity index is 2.08. The van der Waals surface area contributed by atoms with Crippen LogP contribution >= 0.6 is 0 Å². The van der Waals surface area contributed by atoms with Gasteiger partial charge in [0.05, 0.1) is 19.8 Å². The predicted molar refractivity (Wildman–Crippen MR) is 114 cm³/mol. The third kappa shape index (κ3) is 5.26. The van der Waals surface area contributed by atoms with E-state index in [0.717, 1.165) is 28.1 Å².